The van der Waals surface area contributed by atoms with Crippen LogP contribution in [0.15, 0.2) is 29.2 Å². The van der Waals surface area contributed by atoms with Gasteiger partial charge in [-0.2, -0.15) is 9.57 Å². The van der Waals surface area contributed by atoms with Gasteiger partial charge >= 0.3 is 0 Å². The minimum Gasteiger partial charge on any atom is -0.207 e. The fourth-order valence-electron chi connectivity index (χ4n) is 2.15. The molecule has 0 radical (unpaired) electrons. The number of sulfonamides is 1. The Morgan fingerprint density at radius 1 is 1.28 bits per heavy atom. The average molecular weight is 264 g/mol. The highest BCUT2D eigenvalue weighted by Crippen LogP contribution is 2.28. The van der Waals surface area contributed by atoms with E-state index in [1.807, 2.05) is 6.07 Å². The molecule has 1 heterocycles. The summed E-state index contributed by atoms with van der Waals surface area (Å²) in [6, 6.07) is 8.15. The summed E-state index contributed by atoms with van der Waals surface area (Å²) < 4.78 is 26.3. The molecule has 1 fully saturated rings. The minimum atomic E-state index is -3.45. The molecular formula is C13H16N2O2S. The number of benzene rings is 1. The summed E-state index contributed by atoms with van der Waals surface area (Å²) in [5.74, 6) is 0.748. The van der Waals surface area contributed by atoms with E-state index in [1.54, 1.807) is 18.2 Å². The standard InChI is InChI=1S/C13H16N2O2S/c1-10-8-15(9-11(10)2)18(16,17)13-5-3-4-12(6-13)7-14/h3-6,10-11H,8-9H2,1-2H3. The van der Waals surface area contributed by atoms with Crippen LogP contribution in [0.4, 0.5) is 0 Å². The lowest BCUT2D eigenvalue weighted by Gasteiger charge is -2.16. The van der Waals surface area contributed by atoms with Gasteiger partial charge < -0.3 is 0 Å². The van der Waals surface area contributed by atoms with Gasteiger partial charge in [-0.15, -0.1) is 0 Å². The van der Waals surface area contributed by atoms with Crippen LogP contribution in [0.1, 0.15) is 19.4 Å². The normalized spacial score (nSPS) is 24.9. The van der Waals surface area contributed by atoms with E-state index >= 15 is 0 Å². The molecule has 2 rings (SSSR count). The van der Waals surface area contributed by atoms with Gasteiger partial charge in [-0.05, 0) is 30.0 Å². The first kappa shape index (κ1) is 13.1. The molecule has 0 amide bonds. The quantitative estimate of drug-likeness (QED) is 0.818. The van der Waals surface area contributed by atoms with Gasteiger partial charge in [-0.25, -0.2) is 8.42 Å². The van der Waals surface area contributed by atoms with Crippen molar-refractivity contribution in [3.63, 3.8) is 0 Å². The smallest absolute Gasteiger partial charge is 0.207 e. The number of hydrogen-bond donors (Lipinski definition) is 0. The van der Waals surface area contributed by atoms with E-state index in [0.29, 0.717) is 30.5 Å². The molecule has 1 saturated heterocycles. The molecule has 1 aliphatic rings. The SMILES string of the molecule is CC1CN(S(=O)(=O)c2cccc(C#N)c2)CC1C. The topological polar surface area (TPSA) is 61.2 Å². The monoisotopic (exact) mass is 264 g/mol. The molecule has 0 aliphatic carbocycles. The maximum atomic E-state index is 12.4. The molecule has 5 heteroatoms. The Morgan fingerprint density at radius 3 is 2.44 bits per heavy atom. The van der Waals surface area contributed by atoms with Gasteiger partial charge in [0.15, 0.2) is 0 Å². The lowest BCUT2D eigenvalue weighted by molar-refractivity contribution is 0.463. The van der Waals surface area contributed by atoms with Gasteiger partial charge in [-0.1, -0.05) is 19.9 Å². The maximum absolute atomic E-state index is 12.4. The van der Waals surface area contributed by atoms with Crippen molar-refractivity contribution in [2.75, 3.05) is 13.1 Å². The third-order valence-corrected chi connectivity index (χ3v) is 5.38. The molecule has 18 heavy (non-hydrogen) atoms. The van der Waals surface area contributed by atoms with Crippen molar-refractivity contribution in [2.45, 2.75) is 18.7 Å². The lowest BCUT2D eigenvalue weighted by Crippen LogP contribution is -2.29. The number of nitriles is 1. The van der Waals surface area contributed by atoms with Crippen LogP contribution in [0, 0.1) is 23.2 Å². The summed E-state index contributed by atoms with van der Waals surface area (Å²) in [7, 11) is -3.45. The Kier molecular flexibility index (Phi) is 3.42. The number of rotatable bonds is 2. The Bertz CT molecular complexity index is 579. The summed E-state index contributed by atoms with van der Waals surface area (Å²) in [5, 5.41) is 8.82. The first-order chi connectivity index (χ1) is 8.45. The van der Waals surface area contributed by atoms with Crippen LogP contribution >= 0.6 is 0 Å². The van der Waals surface area contributed by atoms with Crippen molar-refractivity contribution in [1.82, 2.24) is 4.31 Å². The third-order valence-electron chi connectivity index (χ3n) is 3.56. The number of nitrogens with zero attached hydrogens (tertiary/aromatic N) is 2. The largest absolute Gasteiger partial charge is 0.243 e. The van der Waals surface area contributed by atoms with Crippen LogP contribution < -0.4 is 0 Å². The third kappa shape index (κ3) is 2.26. The van der Waals surface area contributed by atoms with Gasteiger partial charge in [0.05, 0.1) is 16.5 Å². The second-order valence-electron chi connectivity index (χ2n) is 4.92. The van der Waals surface area contributed by atoms with Gasteiger partial charge in [0, 0.05) is 13.1 Å². The Hall–Kier alpha value is -1.38. The van der Waals surface area contributed by atoms with Crippen LogP contribution in [0.2, 0.25) is 0 Å². The lowest BCUT2D eigenvalue weighted by atomic mass is 10.0. The molecule has 0 N–H and O–H groups in total. The van der Waals surface area contributed by atoms with E-state index in [9.17, 15) is 8.42 Å². The Labute approximate surface area is 108 Å². The van der Waals surface area contributed by atoms with Crippen molar-refractivity contribution in [2.24, 2.45) is 11.8 Å². The summed E-state index contributed by atoms with van der Waals surface area (Å²) in [6.07, 6.45) is 0. The fraction of sp³-hybridized carbons (Fsp3) is 0.462. The zero-order valence-corrected chi connectivity index (χ0v) is 11.3. The van der Waals surface area contributed by atoms with Gasteiger partial charge in [0.1, 0.15) is 0 Å². The second kappa shape index (κ2) is 4.71. The molecule has 1 aromatic carbocycles. The Morgan fingerprint density at radius 2 is 1.89 bits per heavy atom. The second-order valence-corrected chi connectivity index (χ2v) is 6.85. The van der Waals surface area contributed by atoms with Crippen molar-refractivity contribution >= 4 is 10.0 Å². The Balaban J connectivity index is 2.35. The van der Waals surface area contributed by atoms with Crippen molar-refractivity contribution in [1.29, 1.82) is 5.26 Å². The molecule has 1 aliphatic heterocycles. The molecule has 0 bridgehead atoms. The predicted octanol–water partition coefficient (Wildman–Crippen LogP) is 1.83. The van der Waals surface area contributed by atoms with E-state index < -0.39 is 10.0 Å². The van der Waals surface area contributed by atoms with E-state index in [-0.39, 0.29) is 4.90 Å². The molecule has 1 aromatic rings. The zero-order chi connectivity index (χ0) is 13.3. The highest BCUT2D eigenvalue weighted by atomic mass is 32.2. The summed E-state index contributed by atoms with van der Waals surface area (Å²) in [5.41, 5.74) is 0.372. The minimum absolute atomic E-state index is 0.211. The average Bonchev–Trinajstić information content (AvgIpc) is 2.70. The molecule has 0 saturated carbocycles. The van der Waals surface area contributed by atoms with Crippen LogP contribution in [-0.4, -0.2) is 25.8 Å². The maximum Gasteiger partial charge on any atom is 0.243 e. The van der Waals surface area contributed by atoms with Gasteiger partial charge in [0.25, 0.3) is 0 Å². The summed E-state index contributed by atoms with van der Waals surface area (Å²) >= 11 is 0. The first-order valence-corrected chi connectivity index (χ1v) is 7.39. The highest BCUT2D eigenvalue weighted by molar-refractivity contribution is 7.89. The van der Waals surface area contributed by atoms with Crippen LogP contribution in [-0.2, 0) is 10.0 Å². The summed E-state index contributed by atoms with van der Waals surface area (Å²) in [4.78, 5) is 0.211. The van der Waals surface area contributed by atoms with Crippen molar-refractivity contribution in [3.05, 3.63) is 29.8 Å². The molecule has 2 atom stereocenters. The van der Waals surface area contributed by atoms with E-state index in [4.69, 9.17) is 5.26 Å². The summed E-state index contributed by atoms with van der Waals surface area (Å²) in [6.45, 7) is 5.23. The van der Waals surface area contributed by atoms with Crippen LogP contribution in [0.25, 0.3) is 0 Å². The first-order valence-electron chi connectivity index (χ1n) is 5.95. The molecule has 4 nitrogen and oxygen atoms in total. The predicted molar refractivity (Wildman–Crippen MR) is 68.2 cm³/mol. The highest BCUT2D eigenvalue weighted by Gasteiger charge is 2.34. The van der Waals surface area contributed by atoms with Crippen molar-refractivity contribution in [3.8, 4) is 6.07 Å². The molecule has 2 unspecified atom stereocenters. The fourth-order valence-corrected chi connectivity index (χ4v) is 3.84. The molecule has 0 spiro atoms. The van der Waals surface area contributed by atoms with Gasteiger partial charge in [-0.3, -0.25) is 0 Å². The van der Waals surface area contributed by atoms with E-state index in [2.05, 4.69) is 13.8 Å². The molecular weight excluding hydrogens is 248 g/mol. The molecule has 96 valence electrons. The van der Waals surface area contributed by atoms with E-state index in [0.717, 1.165) is 0 Å². The van der Waals surface area contributed by atoms with Crippen molar-refractivity contribution < 1.29 is 8.42 Å². The zero-order valence-electron chi connectivity index (χ0n) is 10.5. The molecule has 0 aromatic heterocycles. The van der Waals surface area contributed by atoms with E-state index in [1.165, 1.54) is 10.4 Å². The van der Waals surface area contributed by atoms with Crippen LogP contribution in [0.3, 0.4) is 0 Å². The number of hydrogen-bond acceptors (Lipinski definition) is 3. The van der Waals surface area contributed by atoms with Crippen LogP contribution in [0.5, 0.6) is 0 Å². The van der Waals surface area contributed by atoms with Gasteiger partial charge in [0.2, 0.25) is 10.0 Å².